The van der Waals surface area contributed by atoms with E-state index >= 15 is 0 Å². The Morgan fingerprint density at radius 1 is 1.07 bits per heavy atom. The number of alkyl halides is 3. The zero-order valence-electron chi connectivity index (χ0n) is 14.9. The molecule has 2 aromatic carbocycles. The molecule has 0 N–H and O–H groups in total. The molecule has 146 valence electrons. The van der Waals surface area contributed by atoms with Crippen molar-refractivity contribution in [2.45, 2.75) is 25.6 Å². The van der Waals surface area contributed by atoms with Crippen LogP contribution in [0.25, 0.3) is 11.0 Å². The number of likely N-dealkylation sites (tertiary alicyclic amines) is 1. The van der Waals surface area contributed by atoms with Crippen molar-refractivity contribution in [3.63, 3.8) is 0 Å². The summed E-state index contributed by atoms with van der Waals surface area (Å²) in [7, 11) is 0. The van der Waals surface area contributed by atoms with E-state index in [-0.39, 0.29) is 18.2 Å². The lowest BCUT2D eigenvalue weighted by Gasteiger charge is -2.15. The van der Waals surface area contributed by atoms with Crippen LogP contribution >= 0.6 is 0 Å². The second kappa shape index (κ2) is 7.18. The van der Waals surface area contributed by atoms with E-state index in [0.717, 1.165) is 38.1 Å². The zero-order chi connectivity index (χ0) is 19.7. The first-order valence-corrected chi connectivity index (χ1v) is 8.98. The number of hydrogen-bond donors (Lipinski definition) is 0. The molecule has 28 heavy (non-hydrogen) atoms. The molecular weight excluding hydrogens is 371 g/mol. The van der Waals surface area contributed by atoms with Crippen molar-refractivity contribution in [3.05, 3.63) is 54.4 Å². The molecule has 0 atom stereocenters. The van der Waals surface area contributed by atoms with Crippen LogP contribution in [0, 0.1) is 0 Å². The SMILES string of the molecule is O=C(Cn1cnc2ccc(Oc3cccc(C(F)(F)F)c3)cc21)N1CCCC1. The van der Waals surface area contributed by atoms with Gasteiger partial charge in [-0.25, -0.2) is 4.98 Å². The molecule has 1 saturated heterocycles. The smallest absolute Gasteiger partial charge is 0.416 e. The van der Waals surface area contributed by atoms with Gasteiger partial charge in [-0.1, -0.05) is 6.07 Å². The Hall–Kier alpha value is -3.03. The van der Waals surface area contributed by atoms with Crippen LogP contribution in [0.1, 0.15) is 18.4 Å². The van der Waals surface area contributed by atoms with E-state index in [1.165, 1.54) is 12.1 Å². The lowest BCUT2D eigenvalue weighted by Crippen LogP contribution is -2.30. The number of aromatic nitrogens is 2. The number of rotatable bonds is 4. The predicted molar refractivity (Wildman–Crippen MR) is 97.1 cm³/mol. The Morgan fingerprint density at radius 3 is 2.57 bits per heavy atom. The summed E-state index contributed by atoms with van der Waals surface area (Å²) in [5.74, 6) is 0.497. The van der Waals surface area contributed by atoms with Crippen LogP contribution in [0.15, 0.2) is 48.8 Å². The van der Waals surface area contributed by atoms with Crippen molar-refractivity contribution in [1.29, 1.82) is 0 Å². The van der Waals surface area contributed by atoms with Gasteiger partial charge in [0.2, 0.25) is 5.91 Å². The van der Waals surface area contributed by atoms with Gasteiger partial charge in [0.15, 0.2) is 0 Å². The normalized spacial score (nSPS) is 14.6. The molecule has 2 heterocycles. The maximum Gasteiger partial charge on any atom is 0.416 e. The van der Waals surface area contributed by atoms with E-state index in [2.05, 4.69) is 4.98 Å². The topological polar surface area (TPSA) is 47.4 Å². The number of carbonyl (C=O) groups excluding carboxylic acids is 1. The van der Waals surface area contributed by atoms with Gasteiger partial charge < -0.3 is 14.2 Å². The number of ether oxygens (including phenoxy) is 1. The second-order valence-corrected chi connectivity index (χ2v) is 6.74. The van der Waals surface area contributed by atoms with Gasteiger partial charge in [0, 0.05) is 19.2 Å². The fourth-order valence-corrected chi connectivity index (χ4v) is 3.31. The summed E-state index contributed by atoms with van der Waals surface area (Å²) in [5.41, 5.74) is 0.606. The largest absolute Gasteiger partial charge is 0.457 e. The maximum atomic E-state index is 12.9. The molecule has 0 saturated carbocycles. The van der Waals surface area contributed by atoms with Crippen LogP contribution < -0.4 is 4.74 Å². The van der Waals surface area contributed by atoms with Crippen LogP contribution in [-0.2, 0) is 17.5 Å². The summed E-state index contributed by atoms with van der Waals surface area (Å²) in [6.07, 6.45) is -0.804. The van der Waals surface area contributed by atoms with E-state index in [1.807, 2.05) is 4.90 Å². The molecule has 4 rings (SSSR count). The van der Waals surface area contributed by atoms with Gasteiger partial charge in [-0.05, 0) is 43.2 Å². The number of fused-ring (bicyclic) bond motifs is 1. The number of halogens is 3. The Balaban J connectivity index is 1.57. The van der Waals surface area contributed by atoms with Gasteiger partial charge in [-0.3, -0.25) is 4.79 Å². The molecule has 0 bridgehead atoms. The van der Waals surface area contributed by atoms with Crippen molar-refractivity contribution < 1.29 is 22.7 Å². The number of hydrogen-bond acceptors (Lipinski definition) is 3. The highest BCUT2D eigenvalue weighted by molar-refractivity contribution is 5.81. The first-order valence-electron chi connectivity index (χ1n) is 8.98. The maximum absolute atomic E-state index is 12.9. The lowest BCUT2D eigenvalue weighted by molar-refractivity contribution is -0.137. The second-order valence-electron chi connectivity index (χ2n) is 6.74. The summed E-state index contributed by atoms with van der Waals surface area (Å²) < 4.78 is 46.0. The highest BCUT2D eigenvalue weighted by Gasteiger charge is 2.30. The summed E-state index contributed by atoms with van der Waals surface area (Å²) in [5, 5.41) is 0. The van der Waals surface area contributed by atoms with E-state index < -0.39 is 11.7 Å². The number of nitrogens with zero attached hydrogens (tertiary/aromatic N) is 3. The number of imidazole rings is 1. The van der Waals surface area contributed by atoms with Crippen molar-refractivity contribution in [2.24, 2.45) is 0 Å². The van der Waals surface area contributed by atoms with Crippen LogP contribution in [0.2, 0.25) is 0 Å². The number of carbonyl (C=O) groups is 1. The minimum Gasteiger partial charge on any atom is -0.457 e. The Morgan fingerprint density at radius 2 is 1.82 bits per heavy atom. The summed E-state index contributed by atoms with van der Waals surface area (Å²) in [6, 6.07) is 9.76. The zero-order valence-corrected chi connectivity index (χ0v) is 14.9. The Labute approximate surface area is 159 Å². The summed E-state index contributed by atoms with van der Waals surface area (Å²) >= 11 is 0. The molecule has 8 heteroatoms. The van der Waals surface area contributed by atoms with Crippen LogP contribution in [0.5, 0.6) is 11.5 Å². The minimum atomic E-state index is -4.43. The standard InChI is InChI=1S/C20H18F3N3O2/c21-20(22,23)14-4-3-5-15(10-14)28-16-6-7-17-18(11-16)26(13-24-17)12-19(27)25-8-1-2-9-25/h3-7,10-11,13H,1-2,8-9,12H2. The Bertz CT molecular complexity index is 1010. The average molecular weight is 389 g/mol. The minimum absolute atomic E-state index is 0.0287. The van der Waals surface area contributed by atoms with Gasteiger partial charge in [0.25, 0.3) is 0 Å². The number of benzene rings is 2. The summed E-state index contributed by atoms with van der Waals surface area (Å²) in [4.78, 5) is 18.5. The highest BCUT2D eigenvalue weighted by Crippen LogP contribution is 2.33. The number of amides is 1. The van der Waals surface area contributed by atoms with Crippen molar-refractivity contribution >= 4 is 16.9 Å². The first-order chi connectivity index (χ1) is 13.4. The molecule has 1 aromatic heterocycles. The molecular formula is C20H18F3N3O2. The Kier molecular flexibility index (Phi) is 4.70. The van der Waals surface area contributed by atoms with Gasteiger partial charge in [-0.2, -0.15) is 13.2 Å². The molecule has 0 spiro atoms. The van der Waals surface area contributed by atoms with Gasteiger partial charge in [-0.15, -0.1) is 0 Å². The monoisotopic (exact) mass is 389 g/mol. The molecule has 1 amide bonds. The predicted octanol–water partition coefficient (Wildman–Crippen LogP) is 4.47. The molecule has 0 aliphatic carbocycles. The molecule has 1 aliphatic rings. The van der Waals surface area contributed by atoms with E-state index in [9.17, 15) is 18.0 Å². The molecule has 1 fully saturated rings. The van der Waals surface area contributed by atoms with Crippen LogP contribution in [0.3, 0.4) is 0 Å². The van der Waals surface area contributed by atoms with E-state index in [0.29, 0.717) is 16.8 Å². The molecule has 3 aromatic rings. The third-order valence-corrected chi connectivity index (χ3v) is 4.75. The fourth-order valence-electron chi connectivity index (χ4n) is 3.31. The molecule has 0 unspecified atom stereocenters. The molecule has 0 radical (unpaired) electrons. The van der Waals surface area contributed by atoms with Crippen molar-refractivity contribution in [3.8, 4) is 11.5 Å². The van der Waals surface area contributed by atoms with E-state index in [1.54, 1.807) is 29.1 Å². The third kappa shape index (κ3) is 3.81. The van der Waals surface area contributed by atoms with Crippen molar-refractivity contribution in [2.75, 3.05) is 13.1 Å². The van der Waals surface area contributed by atoms with Gasteiger partial charge >= 0.3 is 6.18 Å². The molecule has 1 aliphatic heterocycles. The lowest BCUT2D eigenvalue weighted by atomic mass is 10.2. The van der Waals surface area contributed by atoms with Gasteiger partial charge in [0.1, 0.15) is 18.0 Å². The molecule has 5 nitrogen and oxygen atoms in total. The van der Waals surface area contributed by atoms with Crippen LogP contribution in [-0.4, -0.2) is 33.4 Å². The van der Waals surface area contributed by atoms with Crippen LogP contribution in [0.4, 0.5) is 13.2 Å². The highest BCUT2D eigenvalue weighted by atomic mass is 19.4. The summed E-state index contributed by atoms with van der Waals surface area (Å²) in [6.45, 7) is 1.72. The van der Waals surface area contributed by atoms with Crippen molar-refractivity contribution in [1.82, 2.24) is 14.5 Å². The third-order valence-electron chi connectivity index (χ3n) is 4.75. The van der Waals surface area contributed by atoms with E-state index in [4.69, 9.17) is 4.74 Å². The quantitative estimate of drug-likeness (QED) is 0.662. The first kappa shape index (κ1) is 18.3. The fraction of sp³-hybridized carbons (Fsp3) is 0.300. The average Bonchev–Trinajstić information content (AvgIpc) is 3.32. The van der Waals surface area contributed by atoms with Gasteiger partial charge in [0.05, 0.1) is 22.9 Å².